The first kappa shape index (κ1) is 21.9. The fourth-order valence-electron chi connectivity index (χ4n) is 3.95. The normalized spacial score (nSPS) is 11.8. The first-order valence-corrected chi connectivity index (χ1v) is 11.7. The maximum absolute atomic E-state index is 13.0. The molecule has 1 atom stereocenters. The van der Waals surface area contributed by atoms with Gasteiger partial charge in [0.15, 0.2) is 0 Å². The fourth-order valence-corrected chi connectivity index (χ4v) is 4.21. The van der Waals surface area contributed by atoms with Crippen LogP contribution in [0.2, 0.25) is 0 Å². The third-order valence-corrected chi connectivity index (χ3v) is 6.09. The van der Waals surface area contributed by atoms with Gasteiger partial charge in [-0.1, -0.05) is 94.8 Å². The fraction of sp³-hybridized carbons (Fsp3) is 0.0714. The quantitative estimate of drug-likeness (QED) is 0.273. The zero-order valence-electron chi connectivity index (χ0n) is 18.3. The molecule has 2 heterocycles. The molecular weight excluding hydrogens is 490 g/mol. The van der Waals surface area contributed by atoms with Crippen molar-refractivity contribution >= 4 is 27.7 Å². The zero-order valence-corrected chi connectivity index (χ0v) is 19.9. The molecule has 5 nitrogen and oxygen atoms in total. The Morgan fingerprint density at radius 2 is 1.56 bits per heavy atom. The molecule has 0 aliphatic rings. The van der Waals surface area contributed by atoms with Crippen molar-refractivity contribution in [3.63, 3.8) is 0 Å². The van der Waals surface area contributed by atoms with Crippen molar-refractivity contribution in [2.45, 2.75) is 12.6 Å². The summed E-state index contributed by atoms with van der Waals surface area (Å²) < 4.78 is 8.55. The number of rotatable bonds is 6. The van der Waals surface area contributed by atoms with Crippen LogP contribution in [0.1, 0.15) is 22.9 Å². The number of carbonyl (C=O) groups excluding carboxylic acids is 1. The summed E-state index contributed by atoms with van der Waals surface area (Å²) in [6, 6.07) is 32.9. The van der Waals surface area contributed by atoms with Crippen LogP contribution in [0.25, 0.3) is 16.9 Å². The Morgan fingerprint density at radius 1 is 0.882 bits per heavy atom. The highest BCUT2D eigenvalue weighted by Crippen LogP contribution is 2.33. The van der Waals surface area contributed by atoms with Crippen LogP contribution in [0.3, 0.4) is 0 Å². The first-order chi connectivity index (χ1) is 16.7. The van der Waals surface area contributed by atoms with Crippen LogP contribution in [0.15, 0.2) is 114 Å². The topological polar surface area (TPSA) is 55.6 Å². The van der Waals surface area contributed by atoms with E-state index in [9.17, 15) is 4.79 Å². The number of fused-ring (bicyclic) bond motifs is 1. The van der Waals surface area contributed by atoms with Gasteiger partial charge < -0.3 is 14.5 Å². The Kier molecular flexibility index (Phi) is 6.40. The van der Waals surface area contributed by atoms with Crippen LogP contribution in [0.5, 0.6) is 0 Å². The maximum atomic E-state index is 13.0. The summed E-state index contributed by atoms with van der Waals surface area (Å²) in [6.07, 6.45) is 1.47. The van der Waals surface area contributed by atoms with Crippen LogP contribution in [-0.4, -0.2) is 15.5 Å². The van der Waals surface area contributed by atoms with Gasteiger partial charge in [0.2, 0.25) is 0 Å². The molecular formula is C28H22BrN3O2. The van der Waals surface area contributed by atoms with Gasteiger partial charge in [0.25, 0.3) is 0 Å². The summed E-state index contributed by atoms with van der Waals surface area (Å²) in [6.45, 7) is 0.193. The molecule has 34 heavy (non-hydrogen) atoms. The van der Waals surface area contributed by atoms with Crippen molar-refractivity contribution < 1.29 is 9.53 Å². The van der Waals surface area contributed by atoms with E-state index in [1.165, 1.54) is 0 Å². The molecule has 3 aromatic carbocycles. The van der Waals surface area contributed by atoms with Crippen LogP contribution in [-0.2, 0) is 11.3 Å². The molecule has 0 saturated heterocycles. The van der Waals surface area contributed by atoms with E-state index in [4.69, 9.17) is 9.72 Å². The van der Waals surface area contributed by atoms with Crippen molar-refractivity contribution in [3.8, 4) is 11.3 Å². The number of aromatic nitrogens is 2. The zero-order chi connectivity index (χ0) is 23.3. The molecule has 5 aromatic rings. The number of halogens is 1. The third kappa shape index (κ3) is 4.72. The van der Waals surface area contributed by atoms with Crippen molar-refractivity contribution in [1.29, 1.82) is 0 Å². The minimum atomic E-state index is -0.498. The number of hydrogen-bond acceptors (Lipinski definition) is 3. The largest absolute Gasteiger partial charge is 0.445 e. The minimum absolute atomic E-state index is 0.193. The summed E-state index contributed by atoms with van der Waals surface area (Å²) in [7, 11) is 0. The lowest BCUT2D eigenvalue weighted by atomic mass is 9.99. The third-order valence-electron chi connectivity index (χ3n) is 5.57. The maximum Gasteiger partial charge on any atom is 0.408 e. The Bertz CT molecular complexity index is 1400. The van der Waals surface area contributed by atoms with Crippen LogP contribution in [0, 0.1) is 0 Å². The van der Waals surface area contributed by atoms with Crippen molar-refractivity contribution in [3.05, 3.63) is 131 Å². The van der Waals surface area contributed by atoms with E-state index < -0.39 is 12.1 Å². The molecule has 6 heteroatoms. The number of nitrogens with zero attached hydrogens (tertiary/aromatic N) is 2. The second-order valence-corrected chi connectivity index (χ2v) is 8.75. The van der Waals surface area contributed by atoms with E-state index in [2.05, 4.69) is 21.2 Å². The van der Waals surface area contributed by atoms with Gasteiger partial charge in [-0.15, -0.1) is 0 Å². The van der Waals surface area contributed by atoms with Gasteiger partial charge >= 0.3 is 6.09 Å². The highest BCUT2D eigenvalue weighted by atomic mass is 79.9. The smallest absolute Gasteiger partial charge is 0.408 e. The summed E-state index contributed by atoms with van der Waals surface area (Å²) in [5.41, 5.74) is 5.30. The molecule has 168 valence electrons. The lowest BCUT2D eigenvalue weighted by Gasteiger charge is -2.21. The van der Waals surface area contributed by atoms with Crippen LogP contribution < -0.4 is 5.32 Å². The minimum Gasteiger partial charge on any atom is -0.445 e. The Morgan fingerprint density at radius 3 is 2.29 bits per heavy atom. The van der Waals surface area contributed by atoms with Gasteiger partial charge in [-0.05, 0) is 35.4 Å². The number of pyridine rings is 1. The standard InChI is InChI=1S/C28H22BrN3O2/c29-23-16-14-22(15-17-23)26(31-28(33)34-19-20-9-3-1-4-10-20)27-25(21-11-5-2-6-12-21)30-24-13-7-8-18-32(24)27/h1-18,26H,19H2,(H,31,33). The number of imidazole rings is 1. The van der Waals surface area contributed by atoms with E-state index >= 15 is 0 Å². The molecule has 0 bridgehead atoms. The van der Waals surface area contributed by atoms with Gasteiger partial charge in [-0.25, -0.2) is 9.78 Å². The number of hydrogen-bond donors (Lipinski definition) is 1. The predicted molar refractivity (Wildman–Crippen MR) is 136 cm³/mol. The molecule has 0 aliphatic carbocycles. The highest BCUT2D eigenvalue weighted by Gasteiger charge is 2.26. The Hall–Kier alpha value is -3.90. The number of ether oxygens (including phenoxy) is 1. The molecule has 1 amide bonds. The second-order valence-electron chi connectivity index (χ2n) is 7.83. The molecule has 0 aliphatic heterocycles. The van der Waals surface area contributed by atoms with Crippen molar-refractivity contribution in [2.24, 2.45) is 0 Å². The Balaban J connectivity index is 1.57. The lowest BCUT2D eigenvalue weighted by Crippen LogP contribution is -2.31. The van der Waals surface area contributed by atoms with Gasteiger partial charge in [-0.2, -0.15) is 0 Å². The van der Waals surface area contributed by atoms with Crippen LogP contribution >= 0.6 is 15.9 Å². The lowest BCUT2D eigenvalue weighted by molar-refractivity contribution is 0.137. The van der Waals surface area contributed by atoms with E-state index in [1.807, 2.05) is 114 Å². The van der Waals surface area contributed by atoms with Gasteiger partial charge in [-0.3, -0.25) is 0 Å². The van der Waals surface area contributed by atoms with E-state index in [-0.39, 0.29) is 6.61 Å². The summed E-state index contributed by atoms with van der Waals surface area (Å²) in [5, 5.41) is 3.09. The van der Waals surface area contributed by atoms with Crippen LogP contribution in [0.4, 0.5) is 4.79 Å². The molecule has 1 unspecified atom stereocenters. The van der Waals surface area contributed by atoms with Gasteiger partial charge in [0.05, 0.1) is 11.4 Å². The molecule has 5 rings (SSSR count). The predicted octanol–water partition coefficient (Wildman–Crippen LogP) is 6.78. The Labute approximate surface area is 206 Å². The number of nitrogens with one attached hydrogen (secondary N) is 1. The highest BCUT2D eigenvalue weighted by molar-refractivity contribution is 9.10. The van der Waals surface area contributed by atoms with Crippen molar-refractivity contribution in [2.75, 3.05) is 0 Å². The number of benzene rings is 3. The molecule has 0 spiro atoms. The number of alkyl carbamates (subject to hydrolysis) is 1. The molecule has 1 N–H and O–H groups in total. The summed E-state index contributed by atoms with van der Waals surface area (Å²) in [4.78, 5) is 17.9. The average Bonchev–Trinajstić information content (AvgIpc) is 3.27. The summed E-state index contributed by atoms with van der Waals surface area (Å²) >= 11 is 3.51. The number of amides is 1. The van der Waals surface area contributed by atoms with E-state index in [0.717, 1.165) is 38.2 Å². The van der Waals surface area contributed by atoms with E-state index in [1.54, 1.807) is 0 Å². The molecule has 0 saturated carbocycles. The van der Waals surface area contributed by atoms with E-state index in [0.29, 0.717) is 0 Å². The van der Waals surface area contributed by atoms with Crippen molar-refractivity contribution in [1.82, 2.24) is 14.7 Å². The molecule has 0 fully saturated rings. The van der Waals surface area contributed by atoms with Gasteiger partial charge in [0, 0.05) is 16.2 Å². The molecule has 0 radical (unpaired) electrons. The first-order valence-electron chi connectivity index (χ1n) is 10.9. The second kappa shape index (κ2) is 9.93. The monoisotopic (exact) mass is 511 g/mol. The number of carbonyl (C=O) groups is 1. The average molecular weight is 512 g/mol. The van der Waals surface area contributed by atoms with Gasteiger partial charge in [0.1, 0.15) is 18.3 Å². The molecule has 2 aromatic heterocycles. The SMILES string of the molecule is O=C(NC(c1ccc(Br)cc1)c1c(-c2ccccc2)nc2ccccn12)OCc1ccccc1. The summed E-state index contributed by atoms with van der Waals surface area (Å²) in [5.74, 6) is 0.